The molecule has 0 aliphatic carbocycles. The number of rotatable bonds is 5. The van der Waals surface area contributed by atoms with E-state index in [1.165, 1.54) is 4.90 Å². The van der Waals surface area contributed by atoms with Crippen molar-refractivity contribution >= 4 is 17.7 Å². The van der Waals surface area contributed by atoms with Gasteiger partial charge in [0.1, 0.15) is 0 Å². The molecule has 0 bridgehead atoms. The molecule has 154 valence electrons. The number of hydrogen-bond donors (Lipinski definition) is 1. The zero-order valence-corrected chi connectivity index (χ0v) is 16.8. The summed E-state index contributed by atoms with van der Waals surface area (Å²) in [4.78, 5) is 43.9. The number of nitrogens with one attached hydrogen (secondary N) is 1. The Morgan fingerprint density at radius 1 is 1.07 bits per heavy atom. The lowest BCUT2D eigenvalue weighted by atomic mass is 10.2. The molecular weight excluding hydrogens is 372 g/mol. The van der Waals surface area contributed by atoms with Crippen molar-refractivity contribution in [1.82, 2.24) is 20.1 Å². The van der Waals surface area contributed by atoms with Gasteiger partial charge in [-0.25, -0.2) is 4.98 Å². The zero-order valence-electron chi connectivity index (χ0n) is 16.8. The standard InChI is InChI=1S/C21H26N4O4/c1-15(2)23-20(27)21(28)25-12-10-24(11-13-25)19(26)9-8-18-22-14-17(29-18)16-6-4-3-5-7-16/h3-7,14-15H,8-13H2,1-2H3,(H,23,27). The van der Waals surface area contributed by atoms with Crippen molar-refractivity contribution in [2.24, 2.45) is 0 Å². The normalized spacial score (nSPS) is 14.2. The Morgan fingerprint density at radius 2 is 1.72 bits per heavy atom. The minimum Gasteiger partial charge on any atom is -0.441 e. The molecule has 0 spiro atoms. The number of nitrogens with zero attached hydrogens (tertiary/aromatic N) is 3. The van der Waals surface area contributed by atoms with Gasteiger partial charge in [0.25, 0.3) is 0 Å². The van der Waals surface area contributed by atoms with E-state index in [0.29, 0.717) is 44.3 Å². The summed E-state index contributed by atoms with van der Waals surface area (Å²) in [5, 5.41) is 2.60. The zero-order chi connectivity index (χ0) is 20.8. The summed E-state index contributed by atoms with van der Waals surface area (Å²) in [7, 11) is 0. The molecule has 2 aromatic rings. The average Bonchev–Trinajstić information content (AvgIpc) is 3.21. The van der Waals surface area contributed by atoms with Crippen LogP contribution in [0.1, 0.15) is 26.2 Å². The largest absolute Gasteiger partial charge is 0.441 e. The summed E-state index contributed by atoms with van der Waals surface area (Å²) >= 11 is 0. The van der Waals surface area contributed by atoms with Crippen LogP contribution in [0.3, 0.4) is 0 Å². The third kappa shape index (κ3) is 5.43. The maximum Gasteiger partial charge on any atom is 0.312 e. The van der Waals surface area contributed by atoms with Crippen LogP contribution in [0.15, 0.2) is 40.9 Å². The number of carbonyl (C=O) groups is 3. The van der Waals surface area contributed by atoms with Gasteiger partial charge in [0.2, 0.25) is 5.91 Å². The van der Waals surface area contributed by atoms with Crippen LogP contribution in [-0.4, -0.2) is 64.7 Å². The van der Waals surface area contributed by atoms with Crippen molar-refractivity contribution in [2.45, 2.75) is 32.7 Å². The lowest BCUT2D eigenvalue weighted by Crippen LogP contribution is -2.54. The van der Waals surface area contributed by atoms with Crippen LogP contribution < -0.4 is 5.32 Å². The number of amides is 3. The number of aryl methyl sites for hydroxylation is 1. The highest BCUT2D eigenvalue weighted by Gasteiger charge is 2.28. The SMILES string of the molecule is CC(C)NC(=O)C(=O)N1CCN(C(=O)CCc2ncc(-c3ccccc3)o2)CC1. The van der Waals surface area contributed by atoms with Crippen molar-refractivity contribution in [3.05, 3.63) is 42.4 Å². The summed E-state index contributed by atoms with van der Waals surface area (Å²) in [6, 6.07) is 9.58. The maximum absolute atomic E-state index is 12.5. The quantitative estimate of drug-likeness (QED) is 0.770. The average molecular weight is 398 g/mol. The van der Waals surface area contributed by atoms with Gasteiger partial charge in [-0.15, -0.1) is 0 Å². The van der Waals surface area contributed by atoms with Gasteiger partial charge in [0, 0.05) is 50.6 Å². The van der Waals surface area contributed by atoms with Gasteiger partial charge in [-0.1, -0.05) is 30.3 Å². The molecule has 1 aliphatic rings. The van der Waals surface area contributed by atoms with E-state index < -0.39 is 11.8 Å². The van der Waals surface area contributed by atoms with Gasteiger partial charge in [-0.2, -0.15) is 0 Å². The van der Waals surface area contributed by atoms with Crippen molar-refractivity contribution in [1.29, 1.82) is 0 Å². The van der Waals surface area contributed by atoms with Crippen LogP contribution in [0.4, 0.5) is 0 Å². The highest BCUT2D eigenvalue weighted by atomic mass is 16.4. The highest BCUT2D eigenvalue weighted by molar-refractivity contribution is 6.35. The Morgan fingerprint density at radius 3 is 2.38 bits per heavy atom. The lowest BCUT2D eigenvalue weighted by molar-refractivity contribution is -0.148. The van der Waals surface area contributed by atoms with Crippen LogP contribution >= 0.6 is 0 Å². The summed E-state index contributed by atoms with van der Waals surface area (Å²) in [6.07, 6.45) is 2.37. The van der Waals surface area contributed by atoms with Crippen molar-refractivity contribution in [2.75, 3.05) is 26.2 Å². The number of carbonyl (C=O) groups excluding carboxylic acids is 3. The predicted octanol–water partition coefficient (Wildman–Crippen LogP) is 1.47. The molecule has 2 heterocycles. The number of benzene rings is 1. The number of aromatic nitrogens is 1. The van der Waals surface area contributed by atoms with E-state index in [9.17, 15) is 14.4 Å². The van der Waals surface area contributed by atoms with Crippen LogP contribution in [0.2, 0.25) is 0 Å². The molecule has 8 nitrogen and oxygen atoms in total. The molecule has 1 aliphatic heterocycles. The second-order valence-electron chi connectivity index (χ2n) is 7.29. The van der Waals surface area contributed by atoms with E-state index >= 15 is 0 Å². The molecule has 0 atom stereocenters. The Hall–Kier alpha value is -3.16. The highest BCUT2D eigenvalue weighted by Crippen LogP contribution is 2.20. The van der Waals surface area contributed by atoms with E-state index in [2.05, 4.69) is 10.3 Å². The lowest BCUT2D eigenvalue weighted by Gasteiger charge is -2.34. The second kappa shape index (κ2) is 9.36. The van der Waals surface area contributed by atoms with Crippen molar-refractivity contribution in [3.63, 3.8) is 0 Å². The first-order chi connectivity index (χ1) is 13.9. The van der Waals surface area contributed by atoms with Crippen molar-refractivity contribution in [3.8, 4) is 11.3 Å². The molecule has 1 N–H and O–H groups in total. The third-order valence-corrected chi connectivity index (χ3v) is 4.70. The topological polar surface area (TPSA) is 95.8 Å². The van der Waals surface area contributed by atoms with E-state index in [4.69, 9.17) is 4.42 Å². The van der Waals surface area contributed by atoms with Crippen LogP contribution in [0.25, 0.3) is 11.3 Å². The minimum atomic E-state index is -0.599. The molecule has 29 heavy (non-hydrogen) atoms. The first-order valence-electron chi connectivity index (χ1n) is 9.81. The second-order valence-corrected chi connectivity index (χ2v) is 7.29. The van der Waals surface area contributed by atoms with Crippen LogP contribution in [-0.2, 0) is 20.8 Å². The number of oxazole rings is 1. The maximum atomic E-state index is 12.5. The molecule has 1 aromatic carbocycles. The van der Waals surface area contributed by atoms with E-state index in [0.717, 1.165) is 5.56 Å². The molecule has 1 saturated heterocycles. The molecule has 1 aromatic heterocycles. The molecule has 0 saturated carbocycles. The van der Waals surface area contributed by atoms with Gasteiger partial charge in [-0.05, 0) is 13.8 Å². The third-order valence-electron chi connectivity index (χ3n) is 4.70. The summed E-state index contributed by atoms with van der Waals surface area (Å²) in [5.74, 6) is 0.0522. The molecule has 1 fully saturated rings. The van der Waals surface area contributed by atoms with Gasteiger partial charge in [0.05, 0.1) is 6.20 Å². The molecule has 3 rings (SSSR count). The smallest absolute Gasteiger partial charge is 0.312 e. The molecule has 0 radical (unpaired) electrons. The fourth-order valence-electron chi connectivity index (χ4n) is 3.16. The first-order valence-corrected chi connectivity index (χ1v) is 9.81. The van der Waals surface area contributed by atoms with Crippen LogP contribution in [0.5, 0.6) is 0 Å². The fourth-order valence-corrected chi connectivity index (χ4v) is 3.16. The molecule has 8 heteroatoms. The molecular formula is C21H26N4O4. The molecule has 0 unspecified atom stereocenters. The first kappa shape index (κ1) is 20.6. The van der Waals surface area contributed by atoms with Gasteiger partial charge in [0.15, 0.2) is 11.7 Å². The summed E-state index contributed by atoms with van der Waals surface area (Å²) < 4.78 is 5.73. The Bertz CT molecular complexity index is 855. The van der Waals surface area contributed by atoms with Gasteiger partial charge >= 0.3 is 11.8 Å². The van der Waals surface area contributed by atoms with E-state index in [1.807, 2.05) is 30.3 Å². The fraction of sp³-hybridized carbons (Fsp3) is 0.429. The Balaban J connectivity index is 1.45. The van der Waals surface area contributed by atoms with Crippen LogP contribution in [0, 0.1) is 0 Å². The van der Waals surface area contributed by atoms with E-state index in [-0.39, 0.29) is 18.4 Å². The summed E-state index contributed by atoms with van der Waals surface area (Å²) in [6.45, 7) is 5.15. The summed E-state index contributed by atoms with van der Waals surface area (Å²) in [5.41, 5.74) is 0.944. The molecule has 3 amide bonds. The van der Waals surface area contributed by atoms with Crippen molar-refractivity contribution < 1.29 is 18.8 Å². The Kier molecular flexibility index (Phi) is 6.64. The number of piperazine rings is 1. The number of hydrogen-bond acceptors (Lipinski definition) is 5. The van der Waals surface area contributed by atoms with E-state index in [1.54, 1.807) is 24.9 Å². The Labute approximate surface area is 169 Å². The minimum absolute atomic E-state index is 0.0109. The monoisotopic (exact) mass is 398 g/mol. The van der Waals surface area contributed by atoms with Gasteiger partial charge < -0.3 is 19.5 Å². The predicted molar refractivity (Wildman–Crippen MR) is 107 cm³/mol. The van der Waals surface area contributed by atoms with Gasteiger partial charge in [-0.3, -0.25) is 14.4 Å².